The van der Waals surface area contributed by atoms with Gasteiger partial charge in [-0.2, -0.15) is 0 Å². The fourth-order valence-corrected chi connectivity index (χ4v) is 2.73. The zero-order chi connectivity index (χ0) is 14.1. The number of fused-ring (bicyclic) bond motifs is 2. The number of benzene rings is 2. The summed E-state index contributed by atoms with van der Waals surface area (Å²) in [6, 6.07) is 18.4. The second-order valence-electron chi connectivity index (χ2n) is 5.14. The quantitative estimate of drug-likeness (QED) is 0.718. The summed E-state index contributed by atoms with van der Waals surface area (Å²) in [6.45, 7) is 0.937. The van der Waals surface area contributed by atoms with E-state index in [2.05, 4.69) is 29.6 Å². The summed E-state index contributed by atoms with van der Waals surface area (Å²) < 4.78 is 0. The summed E-state index contributed by atoms with van der Waals surface area (Å²) in [5, 5.41) is 4.52. The minimum Gasteiger partial charge on any atom is -0.381 e. The van der Waals surface area contributed by atoms with Crippen molar-refractivity contribution >= 4 is 28.5 Å². The van der Waals surface area contributed by atoms with Crippen LogP contribution in [0.2, 0.25) is 0 Å². The number of pyridine rings is 1. The van der Waals surface area contributed by atoms with Gasteiger partial charge in [-0.1, -0.05) is 48.5 Å². The van der Waals surface area contributed by atoms with Gasteiger partial charge in [-0.25, -0.2) is 0 Å². The maximum absolute atomic E-state index is 4.75. The Labute approximate surface area is 123 Å². The number of hydrogen-bond donors (Lipinski definition) is 1. The van der Waals surface area contributed by atoms with Gasteiger partial charge in [0.25, 0.3) is 0 Å². The van der Waals surface area contributed by atoms with Crippen molar-refractivity contribution in [1.82, 2.24) is 4.98 Å². The molecule has 0 atom stereocenters. The van der Waals surface area contributed by atoms with Crippen molar-refractivity contribution in [3.05, 3.63) is 65.9 Å². The maximum Gasteiger partial charge on any atom is 0.0973 e. The number of nitrogens with zero attached hydrogens (tertiary/aromatic N) is 2. The first-order chi connectivity index (χ1) is 10.4. The zero-order valence-electron chi connectivity index (χ0n) is 11.6. The van der Waals surface area contributed by atoms with Gasteiger partial charge >= 0.3 is 0 Å². The van der Waals surface area contributed by atoms with E-state index in [4.69, 9.17) is 9.98 Å². The summed E-state index contributed by atoms with van der Waals surface area (Å²) in [5.41, 5.74) is 5.32. The summed E-state index contributed by atoms with van der Waals surface area (Å²) in [4.78, 5) is 9.48. The molecule has 3 heteroatoms. The highest BCUT2D eigenvalue weighted by Gasteiger charge is 2.18. The standard InChI is InChI=1S/C18H15N3/c1-2-6-13(7-3-1)12-20-17-14-8-4-5-9-15(14)21-16-10-11-19-18(16)17/h1-9,12,19H,10-11H2. The van der Waals surface area contributed by atoms with Gasteiger partial charge in [0.05, 0.1) is 22.6 Å². The highest BCUT2D eigenvalue weighted by Crippen LogP contribution is 2.37. The van der Waals surface area contributed by atoms with Crippen LogP contribution in [0.1, 0.15) is 11.3 Å². The number of nitrogens with one attached hydrogen (secondary N) is 1. The molecule has 4 rings (SSSR count). The SMILES string of the molecule is C(=Nc1c2c(nc3ccccc13)CCN2)c1ccccc1. The topological polar surface area (TPSA) is 37.3 Å². The van der Waals surface area contributed by atoms with E-state index in [9.17, 15) is 0 Å². The average Bonchev–Trinajstić information content (AvgIpc) is 3.00. The molecule has 0 amide bonds. The molecular weight excluding hydrogens is 258 g/mol. The molecule has 102 valence electrons. The van der Waals surface area contributed by atoms with E-state index in [0.717, 1.165) is 46.5 Å². The Morgan fingerprint density at radius 2 is 1.81 bits per heavy atom. The molecule has 21 heavy (non-hydrogen) atoms. The Bertz CT molecular complexity index is 822. The lowest BCUT2D eigenvalue weighted by Gasteiger charge is -2.08. The molecule has 0 bridgehead atoms. The number of hydrogen-bond acceptors (Lipinski definition) is 3. The second kappa shape index (κ2) is 5.02. The third kappa shape index (κ3) is 2.17. The molecule has 1 aliphatic rings. The van der Waals surface area contributed by atoms with Crippen molar-refractivity contribution in [2.75, 3.05) is 11.9 Å². The van der Waals surface area contributed by atoms with Crippen LogP contribution in [0, 0.1) is 0 Å². The van der Waals surface area contributed by atoms with Crippen LogP contribution in [0.3, 0.4) is 0 Å². The van der Waals surface area contributed by atoms with Crippen molar-refractivity contribution in [1.29, 1.82) is 0 Å². The molecule has 1 N–H and O–H groups in total. The number of aromatic nitrogens is 1. The van der Waals surface area contributed by atoms with Crippen molar-refractivity contribution in [3.8, 4) is 0 Å². The molecule has 0 unspecified atom stereocenters. The monoisotopic (exact) mass is 273 g/mol. The van der Waals surface area contributed by atoms with E-state index in [1.54, 1.807) is 0 Å². The molecule has 0 fully saturated rings. The molecule has 1 aromatic heterocycles. The third-order valence-electron chi connectivity index (χ3n) is 3.75. The van der Waals surface area contributed by atoms with Crippen LogP contribution in [0.5, 0.6) is 0 Å². The number of anilines is 1. The van der Waals surface area contributed by atoms with E-state index < -0.39 is 0 Å². The van der Waals surface area contributed by atoms with Gasteiger partial charge in [-0.15, -0.1) is 0 Å². The van der Waals surface area contributed by atoms with Crippen molar-refractivity contribution in [2.24, 2.45) is 4.99 Å². The smallest absolute Gasteiger partial charge is 0.0973 e. The minimum absolute atomic E-state index is 0.937. The van der Waals surface area contributed by atoms with Gasteiger partial charge in [-0.3, -0.25) is 9.98 Å². The van der Waals surface area contributed by atoms with E-state index in [-0.39, 0.29) is 0 Å². The fraction of sp³-hybridized carbons (Fsp3) is 0.111. The molecule has 2 heterocycles. The molecule has 0 saturated carbocycles. The Hall–Kier alpha value is -2.68. The van der Waals surface area contributed by atoms with Crippen LogP contribution in [0.25, 0.3) is 10.9 Å². The molecule has 0 radical (unpaired) electrons. The molecule has 0 spiro atoms. The van der Waals surface area contributed by atoms with Crippen LogP contribution in [-0.4, -0.2) is 17.7 Å². The third-order valence-corrected chi connectivity index (χ3v) is 3.75. The summed E-state index contributed by atoms with van der Waals surface area (Å²) in [5.74, 6) is 0. The molecule has 0 saturated heterocycles. The second-order valence-corrected chi connectivity index (χ2v) is 5.14. The van der Waals surface area contributed by atoms with Gasteiger partial charge in [-0.05, 0) is 11.6 Å². The normalized spacial score (nSPS) is 13.5. The van der Waals surface area contributed by atoms with Crippen LogP contribution in [-0.2, 0) is 6.42 Å². The lowest BCUT2D eigenvalue weighted by Crippen LogP contribution is -1.92. The van der Waals surface area contributed by atoms with Gasteiger partial charge < -0.3 is 5.32 Å². The predicted octanol–water partition coefficient (Wildman–Crippen LogP) is 3.95. The largest absolute Gasteiger partial charge is 0.381 e. The van der Waals surface area contributed by atoms with Gasteiger partial charge in [0.15, 0.2) is 0 Å². The van der Waals surface area contributed by atoms with Crippen LogP contribution >= 0.6 is 0 Å². The average molecular weight is 273 g/mol. The summed E-state index contributed by atoms with van der Waals surface area (Å²) in [7, 11) is 0. The van der Waals surface area contributed by atoms with E-state index in [1.807, 2.05) is 36.5 Å². The Morgan fingerprint density at radius 1 is 1.00 bits per heavy atom. The first-order valence-corrected chi connectivity index (χ1v) is 7.16. The van der Waals surface area contributed by atoms with Crippen LogP contribution in [0.15, 0.2) is 59.6 Å². The van der Waals surface area contributed by atoms with Crippen molar-refractivity contribution in [3.63, 3.8) is 0 Å². The molecule has 2 aromatic carbocycles. The first kappa shape index (κ1) is 12.1. The van der Waals surface area contributed by atoms with Crippen molar-refractivity contribution < 1.29 is 0 Å². The van der Waals surface area contributed by atoms with E-state index in [1.165, 1.54) is 0 Å². The Morgan fingerprint density at radius 3 is 2.71 bits per heavy atom. The molecule has 3 aromatic rings. The number of rotatable bonds is 2. The number of aliphatic imine (C=N–C) groups is 1. The Kier molecular flexibility index (Phi) is 2.89. The van der Waals surface area contributed by atoms with Crippen LogP contribution < -0.4 is 5.32 Å². The lowest BCUT2D eigenvalue weighted by molar-refractivity contribution is 1.06. The Balaban J connectivity index is 1.89. The lowest BCUT2D eigenvalue weighted by atomic mass is 10.1. The van der Waals surface area contributed by atoms with Gasteiger partial charge in [0.1, 0.15) is 0 Å². The summed E-state index contributed by atoms with van der Waals surface area (Å²) in [6.07, 6.45) is 2.88. The highest BCUT2D eigenvalue weighted by molar-refractivity contribution is 6.00. The van der Waals surface area contributed by atoms with E-state index in [0.29, 0.717) is 0 Å². The summed E-state index contributed by atoms with van der Waals surface area (Å²) >= 11 is 0. The van der Waals surface area contributed by atoms with Gasteiger partial charge in [0, 0.05) is 24.6 Å². The predicted molar refractivity (Wildman–Crippen MR) is 87.6 cm³/mol. The minimum atomic E-state index is 0.937. The maximum atomic E-state index is 4.75. The zero-order valence-corrected chi connectivity index (χ0v) is 11.6. The molecule has 0 aliphatic carbocycles. The molecule has 3 nitrogen and oxygen atoms in total. The molecular formula is C18H15N3. The van der Waals surface area contributed by atoms with Crippen LogP contribution in [0.4, 0.5) is 11.4 Å². The first-order valence-electron chi connectivity index (χ1n) is 7.16. The fourth-order valence-electron chi connectivity index (χ4n) is 2.73. The van der Waals surface area contributed by atoms with Gasteiger partial charge in [0.2, 0.25) is 0 Å². The van der Waals surface area contributed by atoms with E-state index >= 15 is 0 Å². The highest BCUT2D eigenvalue weighted by atomic mass is 15.0. The number of para-hydroxylation sites is 1. The molecule has 1 aliphatic heterocycles. The van der Waals surface area contributed by atoms with Crippen molar-refractivity contribution in [2.45, 2.75) is 6.42 Å².